The van der Waals surface area contributed by atoms with Gasteiger partial charge in [0.2, 0.25) is 5.91 Å². The summed E-state index contributed by atoms with van der Waals surface area (Å²) in [6.07, 6.45) is 0.545. The van der Waals surface area contributed by atoms with Crippen molar-refractivity contribution in [2.24, 2.45) is 0 Å². The molecule has 2 fully saturated rings. The largest absolute Gasteiger partial charge is 0.371 e. The Morgan fingerprint density at radius 3 is 2.76 bits per heavy atom. The van der Waals surface area contributed by atoms with Gasteiger partial charge in [-0.1, -0.05) is 29.8 Å². The maximum atomic E-state index is 12.4. The lowest BCUT2D eigenvalue weighted by Crippen LogP contribution is -2.49. The van der Waals surface area contributed by atoms with Gasteiger partial charge in [-0.15, -0.1) is 12.4 Å². The molecule has 2 atom stereocenters. The maximum absolute atomic E-state index is 12.4. The van der Waals surface area contributed by atoms with E-state index in [4.69, 9.17) is 16.3 Å². The molecule has 2 aliphatic rings. The van der Waals surface area contributed by atoms with Crippen LogP contribution in [0.5, 0.6) is 0 Å². The Bertz CT molecular complexity index is 567. The fourth-order valence-corrected chi connectivity index (χ4v) is 3.61. The molecule has 1 aromatic rings. The van der Waals surface area contributed by atoms with Crippen LogP contribution in [0.1, 0.15) is 25.0 Å². The monoisotopic (exact) mass is 387 g/mol. The Balaban J connectivity index is 0.00000225. The number of hydrogen-bond donors (Lipinski definition) is 1. The predicted octanol–water partition coefficient (Wildman–Crippen LogP) is 2.35. The van der Waals surface area contributed by atoms with Crippen LogP contribution in [0.25, 0.3) is 0 Å². The van der Waals surface area contributed by atoms with Crippen LogP contribution >= 0.6 is 24.0 Å². The third-order valence-corrected chi connectivity index (χ3v) is 5.24. The summed E-state index contributed by atoms with van der Waals surface area (Å²) in [5, 5.41) is 4.02. The van der Waals surface area contributed by atoms with Crippen LogP contribution in [0.15, 0.2) is 24.3 Å². The number of hydrogen-bond acceptors (Lipinski definition) is 4. The molecular formula is C18H27Cl2N3O2. The number of nitrogens with one attached hydrogen (secondary N) is 1. The molecular weight excluding hydrogens is 361 g/mol. The van der Waals surface area contributed by atoms with Crippen molar-refractivity contribution in [1.29, 1.82) is 0 Å². The van der Waals surface area contributed by atoms with Gasteiger partial charge in [0.1, 0.15) is 0 Å². The number of morpholine rings is 1. The zero-order chi connectivity index (χ0) is 16.9. The van der Waals surface area contributed by atoms with E-state index in [1.807, 2.05) is 29.2 Å². The number of nitrogens with zero attached hydrogens (tertiary/aromatic N) is 2. The number of halogens is 2. The number of rotatable bonds is 4. The molecule has 2 unspecified atom stereocenters. The van der Waals surface area contributed by atoms with E-state index in [2.05, 4.69) is 17.1 Å². The van der Waals surface area contributed by atoms with Gasteiger partial charge in [0.05, 0.1) is 12.7 Å². The summed E-state index contributed by atoms with van der Waals surface area (Å²) in [6, 6.07) is 8.16. The van der Waals surface area contributed by atoms with Crippen LogP contribution in [0.3, 0.4) is 0 Å². The van der Waals surface area contributed by atoms with Gasteiger partial charge in [-0.2, -0.15) is 0 Å². The van der Waals surface area contributed by atoms with E-state index in [1.54, 1.807) is 0 Å². The zero-order valence-electron chi connectivity index (χ0n) is 14.6. The molecule has 1 N–H and O–H groups in total. The Morgan fingerprint density at radius 1 is 1.32 bits per heavy atom. The molecule has 2 heterocycles. The third-order valence-electron chi connectivity index (χ3n) is 4.90. The van der Waals surface area contributed by atoms with E-state index < -0.39 is 0 Å². The first-order valence-electron chi connectivity index (χ1n) is 8.73. The van der Waals surface area contributed by atoms with Gasteiger partial charge in [0.25, 0.3) is 0 Å². The van der Waals surface area contributed by atoms with Gasteiger partial charge in [-0.25, -0.2) is 0 Å². The van der Waals surface area contributed by atoms with Crippen molar-refractivity contribution in [3.63, 3.8) is 0 Å². The summed E-state index contributed by atoms with van der Waals surface area (Å²) >= 11 is 6.31. The zero-order valence-corrected chi connectivity index (χ0v) is 16.2. The smallest absolute Gasteiger partial charge is 0.223 e. The Morgan fingerprint density at radius 2 is 2.04 bits per heavy atom. The summed E-state index contributed by atoms with van der Waals surface area (Å²) < 4.78 is 5.98. The second-order valence-corrected chi connectivity index (χ2v) is 6.98. The van der Waals surface area contributed by atoms with Crippen molar-refractivity contribution in [3.05, 3.63) is 34.9 Å². The lowest BCUT2D eigenvalue weighted by atomic mass is 10.1. The maximum Gasteiger partial charge on any atom is 0.223 e. The Kier molecular flexibility index (Phi) is 7.97. The minimum absolute atomic E-state index is 0. The van der Waals surface area contributed by atoms with Gasteiger partial charge in [0.15, 0.2) is 0 Å². The molecule has 0 radical (unpaired) electrons. The minimum Gasteiger partial charge on any atom is -0.371 e. The molecule has 0 saturated carbocycles. The summed E-state index contributed by atoms with van der Waals surface area (Å²) in [5.74, 6) is 0.254. The normalized spacial score (nSPS) is 24.6. The fraction of sp³-hybridized carbons (Fsp3) is 0.611. The summed E-state index contributed by atoms with van der Waals surface area (Å²) in [6.45, 7) is 7.80. The van der Waals surface area contributed by atoms with Crippen LogP contribution in [0.4, 0.5) is 0 Å². The first kappa shape index (κ1) is 20.5. The van der Waals surface area contributed by atoms with Crippen molar-refractivity contribution < 1.29 is 9.53 Å². The first-order valence-corrected chi connectivity index (χ1v) is 9.11. The number of amides is 1. The average molecular weight is 388 g/mol. The second kappa shape index (κ2) is 9.74. The van der Waals surface area contributed by atoms with Crippen LogP contribution in [-0.4, -0.2) is 67.6 Å². The number of piperazine rings is 1. The summed E-state index contributed by atoms with van der Waals surface area (Å²) in [4.78, 5) is 16.7. The first-order chi connectivity index (χ1) is 11.6. The van der Waals surface area contributed by atoms with Crippen LogP contribution < -0.4 is 5.32 Å². The van der Waals surface area contributed by atoms with Crippen molar-refractivity contribution in [3.8, 4) is 0 Å². The van der Waals surface area contributed by atoms with Crippen molar-refractivity contribution >= 4 is 29.9 Å². The van der Waals surface area contributed by atoms with Gasteiger partial charge < -0.3 is 15.0 Å². The lowest BCUT2D eigenvalue weighted by molar-refractivity contribution is -0.133. The van der Waals surface area contributed by atoms with Crippen molar-refractivity contribution in [2.45, 2.75) is 25.5 Å². The quantitative estimate of drug-likeness (QED) is 0.860. The van der Waals surface area contributed by atoms with E-state index in [9.17, 15) is 4.79 Å². The molecule has 3 rings (SSSR count). The fourth-order valence-electron chi connectivity index (χ4n) is 3.35. The predicted molar refractivity (Wildman–Crippen MR) is 102 cm³/mol. The lowest BCUT2D eigenvalue weighted by Gasteiger charge is -2.38. The number of carbonyl (C=O) groups is 1. The third kappa shape index (κ3) is 5.31. The van der Waals surface area contributed by atoms with E-state index in [0.717, 1.165) is 49.9 Å². The van der Waals surface area contributed by atoms with Crippen molar-refractivity contribution in [1.82, 2.24) is 15.1 Å². The molecule has 7 heteroatoms. The molecule has 140 valence electrons. The molecule has 2 aliphatic heterocycles. The van der Waals surface area contributed by atoms with Gasteiger partial charge >= 0.3 is 0 Å². The number of carbonyl (C=O) groups excluding carboxylic acids is 1. The van der Waals surface area contributed by atoms with Gasteiger partial charge in [0, 0.05) is 62.3 Å². The Hall–Kier alpha value is -0.850. The van der Waals surface area contributed by atoms with E-state index in [0.29, 0.717) is 19.1 Å². The molecule has 2 saturated heterocycles. The standard InChI is InChI=1S/C18H26ClN3O2.ClH/c1-14-13-24-17(15-4-2-3-5-16(15)19)12-22(14)9-6-18(23)21-10-7-20-8-11-21;/h2-5,14,17,20H,6-13H2,1H3;1H. The molecule has 0 aliphatic carbocycles. The van der Waals surface area contributed by atoms with Gasteiger partial charge in [-0.05, 0) is 13.0 Å². The van der Waals surface area contributed by atoms with Crippen LogP contribution in [0, 0.1) is 0 Å². The summed E-state index contributed by atoms with van der Waals surface area (Å²) in [7, 11) is 0. The highest BCUT2D eigenvalue weighted by Crippen LogP contribution is 2.29. The SMILES string of the molecule is CC1COC(c2ccccc2Cl)CN1CCC(=O)N1CCNCC1.Cl. The molecule has 25 heavy (non-hydrogen) atoms. The molecule has 0 bridgehead atoms. The van der Waals surface area contributed by atoms with E-state index >= 15 is 0 Å². The Labute approximate surface area is 161 Å². The van der Waals surface area contributed by atoms with Crippen LogP contribution in [-0.2, 0) is 9.53 Å². The molecule has 1 amide bonds. The van der Waals surface area contributed by atoms with Crippen LogP contribution in [0.2, 0.25) is 5.02 Å². The van der Waals surface area contributed by atoms with E-state index in [-0.39, 0.29) is 24.4 Å². The van der Waals surface area contributed by atoms with Crippen molar-refractivity contribution in [2.75, 3.05) is 45.9 Å². The van der Waals surface area contributed by atoms with E-state index in [1.165, 1.54) is 0 Å². The highest BCUT2D eigenvalue weighted by Gasteiger charge is 2.29. The highest BCUT2D eigenvalue weighted by molar-refractivity contribution is 6.31. The highest BCUT2D eigenvalue weighted by atomic mass is 35.5. The molecule has 5 nitrogen and oxygen atoms in total. The van der Waals surface area contributed by atoms with Gasteiger partial charge in [-0.3, -0.25) is 9.69 Å². The topological polar surface area (TPSA) is 44.8 Å². The minimum atomic E-state index is -0.0239. The number of benzene rings is 1. The average Bonchev–Trinajstić information content (AvgIpc) is 2.62. The number of ether oxygens (including phenoxy) is 1. The molecule has 0 aromatic heterocycles. The summed E-state index contributed by atoms with van der Waals surface area (Å²) in [5.41, 5.74) is 1.03. The molecule has 1 aromatic carbocycles. The second-order valence-electron chi connectivity index (χ2n) is 6.57. The molecule has 0 spiro atoms.